The molecular weight excluding hydrogens is 472 g/mol. The molecule has 1 aromatic carbocycles. The fraction of sp³-hybridized carbons (Fsp3) is 0.533. The maximum Gasteiger partial charge on any atom is 0.269 e. The summed E-state index contributed by atoms with van der Waals surface area (Å²) >= 11 is 8.78. The summed E-state index contributed by atoms with van der Waals surface area (Å²) in [6.07, 6.45) is 0. The van der Waals surface area contributed by atoms with E-state index in [0.717, 1.165) is 31.9 Å². The second kappa shape index (κ2) is 11.3. The Morgan fingerprint density at radius 1 is 1.25 bits per heavy atom. The van der Waals surface area contributed by atoms with Gasteiger partial charge in [-0.1, -0.05) is 4.32 Å². The first kappa shape index (κ1) is 21.7. The first-order chi connectivity index (χ1) is 11.4. The van der Waals surface area contributed by atoms with E-state index in [0.29, 0.717) is 4.32 Å². The summed E-state index contributed by atoms with van der Waals surface area (Å²) in [4.78, 5) is 14.3. The smallest absolute Gasteiger partial charge is 0.269 e. The Labute approximate surface area is 165 Å². The molecule has 1 fully saturated rings. The summed E-state index contributed by atoms with van der Waals surface area (Å²) in [5, 5.41) is 10.6. The number of rotatable bonds is 4. The number of anilines is 1. The zero-order chi connectivity index (χ0) is 18.1. The molecule has 1 saturated heterocycles. The number of halogens is 1. The third-order valence-electron chi connectivity index (χ3n) is 3.73. The van der Waals surface area contributed by atoms with Crippen LogP contribution in [0.15, 0.2) is 24.3 Å². The van der Waals surface area contributed by atoms with Gasteiger partial charge >= 0.3 is 50.3 Å². The van der Waals surface area contributed by atoms with Crippen LogP contribution in [0.25, 0.3) is 0 Å². The molecule has 5 nitrogen and oxygen atoms in total. The molecule has 0 bridgehead atoms. The number of non-ortho nitro benzene ring substituents is 1. The van der Waals surface area contributed by atoms with Crippen molar-refractivity contribution in [1.82, 2.24) is 4.90 Å². The van der Waals surface area contributed by atoms with E-state index in [-0.39, 0.29) is 5.69 Å². The van der Waals surface area contributed by atoms with Gasteiger partial charge in [-0.2, -0.15) is 0 Å². The van der Waals surface area contributed by atoms with E-state index in [1.807, 2.05) is 4.90 Å². The van der Waals surface area contributed by atoms with Gasteiger partial charge in [0.15, 0.2) is 0 Å². The molecule has 0 N–H and O–H groups in total. The van der Waals surface area contributed by atoms with Crippen LogP contribution in [0.1, 0.15) is 13.8 Å². The zero-order valence-electron chi connectivity index (χ0n) is 13.9. The average Bonchev–Trinajstić information content (AvgIpc) is 2.61. The number of thiocarbonyl (C=S) groups is 1. The molecule has 2 rings (SSSR count). The van der Waals surface area contributed by atoms with Gasteiger partial charge in [-0.3, -0.25) is 10.1 Å². The van der Waals surface area contributed by atoms with Crippen molar-refractivity contribution < 1.29 is 4.92 Å². The molecule has 1 heterocycles. The van der Waals surface area contributed by atoms with E-state index < -0.39 is 23.6 Å². The van der Waals surface area contributed by atoms with E-state index >= 15 is 0 Å². The van der Waals surface area contributed by atoms with Crippen LogP contribution in [0.3, 0.4) is 0 Å². The average molecular weight is 495 g/mol. The quantitative estimate of drug-likeness (QED) is 0.209. The van der Waals surface area contributed by atoms with Crippen LogP contribution in [-0.4, -0.2) is 59.0 Å². The van der Waals surface area contributed by atoms with Gasteiger partial charge in [0.05, 0.1) is 4.92 Å². The van der Waals surface area contributed by atoms with Gasteiger partial charge in [-0.25, -0.2) is 0 Å². The predicted molar refractivity (Wildman–Crippen MR) is 109 cm³/mol. The van der Waals surface area contributed by atoms with E-state index in [1.54, 1.807) is 12.1 Å². The van der Waals surface area contributed by atoms with Crippen molar-refractivity contribution in [3.63, 3.8) is 0 Å². The van der Waals surface area contributed by atoms with E-state index in [9.17, 15) is 10.1 Å². The molecule has 132 valence electrons. The van der Waals surface area contributed by atoms with Crippen LogP contribution in [-0.2, 0) is 12.6 Å². The molecule has 1 aromatic rings. The Morgan fingerprint density at radius 3 is 2.08 bits per heavy atom. The normalized spacial score (nSPS) is 13.8. The van der Waals surface area contributed by atoms with Gasteiger partial charge in [0.25, 0.3) is 5.69 Å². The maximum absolute atomic E-state index is 10.6. The molecule has 0 atom stereocenters. The van der Waals surface area contributed by atoms with Gasteiger partial charge in [-0.15, -0.1) is 0 Å². The van der Waals surface area contributed by atoms with Gasteiger partial charge in [0.1, 0.15) is 0 Å². The topological polar surface area (TPSA) is 49.6 Å². The Balaban J connectivity index is 0.000000413. The van der Waals surface area contributed by atoms with Crippen molar-refractivity contribution in [3.05, 3.63) is 34.4 Å². The minimum absolute atomic E-state index is 0.115. The molecular formula is C15H22ClN3O2S2Sn. The van der Waals surface area contributed by atoms with Crippen LogP contribution >= 0.6 is 21.1 Å². The van der Waals surface area contributed by atoms with Crippen LogP contribution in [0, 0.1) is 10.1 Å². The van der Waals surface area contributed by atoms with Gasteiger partial charge in [0.2, 0.25) is 0 Å². The first-order valence-electron chi connectivity index (χ1n) is 7.84. The summed E-state index contributed by atoms with van der Waals surface area (Å²) in [6, 6.07) is 6.61. The fourth-order valence-corrected chi connectivity index (χ4v) is 3.97. The Bertz CT molecular complexity index is 536. The molecule has 1 aliphatic heterocycles. The van der Waals surface area contributed by atoms with Gasteiger partial charge in [0, 0.05) is 44.0 Å². The second-order valence-corrected chi connectivity index (χ2v) is 16.8. The van der Waals surface area contributed by atoms with Crippen molar-refractivity contribution in [3.8, 4) is 0 Å². The molecule has 24 heavy (non-hydrogen) atoms. The third kappa shape index (κ3) is 7.24. The minimum atomic E-state index is -1.14. The standard InChI is InChI=1S/C11H13N3O2S2.2C2H5.ClH.Sn/c15-14(16)10-3-1-9(2-4-10)12-5-7-13(8-6-12)11(17)18;2*1-2;;/h1-4H,5-8H2,(H,17,18);2*1H2,2H3;1H;/q;;;;+2/p-2. The van der Waals surface area contributed by atoms with Crippen LogP contribution < -0.4 is 4.90 Å². The molecule has 0 amide bonds. The largest absolute Gasteiger partial charge is 0.411 e. The summed E-state index contributed by atoms with van der Waals surface area (Å²) in [7, 11) is 5.85. The minimum Gasteiger partial charge on any atom is -0.411 e. The van der Waals surface area contributed by atoms with E-state index in [1.165, 1.54) is 21.0 Å². The predicted octanol–water partition coefficient (Wildman–Crippen LogP) is 3.81. The molecule has 0 aliphatic carbocycles. The monoisotopic (exact) mass is 495 g/mol. The summed E-state index contributed by atoms with van der Waals surface area (Å²) < 4.78 is 3.10. The molecule has 0 spiro atoms. The molecule has 0 unspecified atom stereocenters. The van der Waals surface area contributed by atoms with Crippen molar-refractivity contribution >= 4 is 68.1 Å². The number of nitrogens with zero attached hydrogens (tertiary/aromatic N) is 3. The van der Waals surface area contributed by atoms with Crippen molar-refractivity contribution in [2.24, 2.45) is 0 Å². The Morgan fingerprint density at radius 2 is 1.75 bits per heavy atom. The van der Waals surface area contributed by atoms with E-state index in [2.05, 4.69) is 18.7 Å². The molecule has 0 radical (unpaired) electrons. The first-order valence-corrected chi connectivity index (χ1v) is 16.3. The van der Waals surface area contributed by atoms with Crippen LogP contribution in [0.2, 0.25) is 8.87 Å². The van der Waals surface area contributed by atoms with Crippen LogP contribution in [0.5, 0.6) is 0 Å². The Hall–Kier alpha value is -0.381. The summed E-state index contributed by atoms with van der Waals surface area (Å²) in [5.41, 5.74) is 1.11. The molecule has 0 aromatic heterocycles. The number of hydrogen-bond donors (Lipinski definition) is 0. The Kier molecular flexibility index (Phi) is 10.2. The number of hydrogen-bond acceptors (Lipinski definition) is 5. The maximum atomic E-state index is 10.6. The third-order valence-corrected chi connectivity index (χ3v) is 12.2. The molecule has 1 aliphatic rings. The van der Waals surface area contributed by atoms with Crippen LogP contribution in [0.4, 0.5) is 11.4 Å². The molecule has 9 heteroatoms. The van der Waals surface area contributed by atoms with Crippen molar-refractivity contribution in [2.75, 3.05) is 31.1 Å². The van der Waals surface area contributed by atoms with Crippen molar-refractivity contribution in [1.29, 1.82) is 0 Å². The SMILES string of the molecule is C[CH2][Sn+]([Cl])[CH2]C.O=[N+]([O-])c1ccc(N2CCN(C(=S)[S-])CC2)cc1. The molecule has 0 saturated carbocycles. The van der Waals surface area contributed by atoms with Crippen molar-refractivity contribution in [2.45, 2.75) is 22.7 Å². The van der Waals surface area contributed by atoms with Gasteiger partial charge < -0.3 is 34.6 Å². The zero-order valence-corrected chi connectivity index (χ0v) is 19.1. The number of benzene rings is 1. The second-order valence-electron chi connectivity index (χ2n) is 5.24. The van der Waals surface area contributed by atoms with Gasteiger partial charge in [-0.05, 0) is 12.1 Å². The number of nitro groups is 1. The fourth-order valence-electron chi connectivity index (χ4n) is 2.18. The van der Waals surface area contributed by atoms with E-state index in [4.69, 9.17) is 33.8 Å². The summed E-state index contributed by atoms with van der Waals surface area (Å²) in [5.74, 6) is 0. The number of piperazine rings is 1. The summed E-state index contributed by atoms with van der Waals surface area (Å²) in [6.45, 7) is 7.64. The number of nitro benzene ring substituents is 1.